The van der Waals surface area contributed by atoms with Crippen LogP contribution >= 0.6 is 0 Å². The number of hydrogen-bond acceptors (Lipinski definition) is 3. The normalized spacial score (nSPS) is 12.1. The highest BCUT2D eigenvalue weighted by atomic mass is 16.5. The van der Waals surface area contributed by atoms with E-state index < -0.39 is 0 Å². The van der Waals surface area contributed by atoms with E-state index in [9.17, 15) is 9.59 Å². The molecule has 0 fully saturated rings. The molecule has 3 rings (SSSR count). The highest BCUT2D eigenvalue weighted by Gasteiger charge is 2.29. The van der Waals surface area contributed by atoms with Gasteiger partial charge < -0.3 is 14.6 Å². The highest BCUT2D eigenvalue weighted by Crippen LogP contribution is 2.41. The number of ether oxygens (including phenoxy) is 1. The summed E-state index contributed by atoms with van der Waals surface area (Å²) in [5.74, 6) is 0.366. The van der Waals surface area contributed by atoms with Crippen LogP contribution in [0.1, 0.15) is 63.0 Å². The molecule has 0 radical (unpaired) electrons. The molecule has 1 N–H and O–H groups in total. The lowest BCUT2D eigenvalue weighted by Crippen LogP contribution is -2.33. The summed E-state index contributed by atoms with van der Waals surface area (Å²) in [6.45, 7) is 12.8. The predicted octanol–water partition coefficient (Wildman–Crippen LogP) is 5.41. The molecule has 1 heterocycles. The van der Waals surface area contributed by atoms with Gasteiger partial charge in [-0.3, -0.25) is 9.59 Å². The van der Waals surface area contributed by atoms with Crippen molar-refractivity contribution in [2.24, 2.45) is 0 Å². The first-order valence-electron chi connectivity index (χ1n) is 10.5. The Bertz CT molecular complexity index is 1190. The number of pyridine rings is 1. The quantitative estimate of drug-likeness (QED) is 0.616. The lowest BCUT2D eigenvalue weighted by atomic mass is 9.79. The molecule has 3 aromatic rings. The molecule has 5 heteroatoms. The summed E-state index contributed by atoms with van der Waals surface area (Å²) in [4.78, 5) is 31.1. The van der Waals surface area contributed by atoms with Gasteiger partial charge in [0, 0.05) is 30.2 Å². The molecule has 0 atom stereocenters. The Morgan fingerprint density at radius 1 is 0.968 bits per heavy atom. The number of amides is 1. The standard InChI is InChI=1S/C26H32N2O3/c1-25(2,3)18-13-19(26(4,5)6)22(31-8)14-21(18)28(7)24(30)17-15-27-20-12-10-9-11-16(20)23(17)29/h9-15H,1-8H3,(H,27,29). The molecule has 0 saturated heterocycles. The van der Waals surface area contributed by atoms with Crippen molar-refractivity contribution in [2.75, 3.05) is 19.1 Å². The number of carbonyl (C=O) groups excluding carboxylic acids is 1. The molecule has 5 nitrogen and oxygen atoms in total. The Labute approximate surface area is 184 Å². The van der Waals surface area contributed by atoms with Crippen molar-refractivity contribution in [3.8, 4) is 5.75 Å². The second kappa shape index (κ2) is 7.88. The third-order valence-corrected chi connectivity index (χ3v) is 5.62. The van der Waals surface area contributed by atoms with Crippen LogP contribution < -0.4 is 15.1 Å². The maximum Gasteiger partial charge on any atom is 0.263 e. The Balaban J connectivity index is 2.19. The largest absolute Gasteiger partial charge is 0.496 e. The topological polar surface area (TPSA) is 62.4 Å². The van der Waals surface area contributed by atoms with Gasteiger partial charge in [0.2, 0.25) is 5.43 Å². The number of methoxy groups -OCH3 is 1. The first-order chi connectivity index (χ1) is 14.4. The fourth-order valence-corrected chi connectivity index (χ4v) is 3.82. The Kier molecular flexibility index (Phi) is 5.74. The molecule has 1 aromatic heterocycles. The second-order valence-corrected chi connectivity index (χ2v) is 10.0. The fourth-order valence-electron chi connectivity index (χ4n) is 3.82. The number of H-pyrrole nitrogens is 1. The number of nitrogens with zero attached hydrogens (tertiary/aromatic N) is 1. The molecular formula is C26H32N2O3. The van der Waals surface area contributed by atoms with Crippen LogP contribution in [-0.4, -0.2) is 25.0 Å². The van der Waals surface area contributed by atoms with Gasteiger partial charge in [-0.1, -0.05) is 53.7 Å². The van der Waals surface area contributed by atoms with Crippen LogP contribution in [0.15, 0.2) is 47.4 Å². The summed E-state index contributed by atoms with van der Waals surface area (Å²) >= 11 is 0. The van der Waals surface area contributed by atoms with Crippen LogP contribution in [0.4, 0.5) is 5.69 Å². The molecule has 31 heavy (non-hydrogen) atoms. The number of carbonyl (C=O) groups is 1. The molecule has 1 amide bonds. The van der Waals surface area contributed by atoms with E-state index in [0.29, 0.717) is 10.9 Å². The number of hydrogen-bond donors (Lipinski definition) is 1. The molecule has 164 valence electrons. The number of aromatic nitrogens is 1. The number of rotatable bonds is 3. The molecule has 0 aliphatic rings. The molecule has 0 bridgehead atoms. The first-order valence-corrected chi connectivity index (χ1v) is 10.5. The maximum absolute atomic E-state index is 13.4. The Morgan fingerprint density at radius 3 is 2.16 bits per heavy atom. The number of benzene rings is 2. The lowest BCUT2D eigenvalue weighted by molar-refractivity contribution is 0.0991. The van der Waals surface area contributed by atoms with Gasteiger partial charge in [0.1, 0.15) is 11.3 Å². The van der Waals surface area contributed by atoms with Gasteiger partial charge in [-0.05, 0) is 40.2 Å². The summed E-state index contributed by atoms with van der Waals surface area (Å²) in [5.41, 5.74) is 3.03. The van der Waals surface area contributed by atoms with Crippen LogP contribution in [-0.2, 0) is 10.8 Å². The number of aromatic amines is 1. The minimum Gasteiger partial charge on any atom is -0.496 e. The third kappa shape index (κ3) is 4.22. The molecule has 0 saturated carbocycles. The van der Waals surface area contributed by atoms with Crippen molar-refractivity contribution in [3.63, 3.8) is 0 Å². The van der Waals surface area contributed by atoms with Crippen LogP contribution in [0.25, 0.3) is 10.9 Å². The average Bonchev–Trinajstić information content (AvgIpc) is 2.70. The van der Waals surface area contributed by atoms with E-state index in [-0.39, 0.29) is 27.7 Å². The SMILES string of the molecule is COc1cc(N(C)C(=O)c2c[nH]c3ccccc3c2=O)c(C(C)(C)C)cc1C(C)(C)C. The monoisotopic (exact) mass is 420 g/mol. The van der Waals surface area contributed by atoms with Gasteiger partial charge in [-0.15, -0.1) is 0 Å². The highest BCUT2D eigenvalue weighted by molar-refractivity contribution is 6.07. The van der Waals surface area contributed by atoms with Crippen molar-refractivity contribution in [1.29, 1.82) is 0 Å². The van der Waals surface area contributed by atoms with E-state index in [0.717, 1.165) is 22.6 Å². The van der Waals surface area contributed by atoms with Gasteiger partial charge in [0.25, 0.3) is 5.91 Å². The molecule has 0 spiro atoms. The zero-order valence-corrected chi connectivity index (χ0v) is 19.7. The van der Waals surface area contributed by atoms with Crippen molar-refractivity contribution < 1.29 is 9.53 Å². The van der Waals surface area contributed by atoms with Crippen LogP contribution in [0, 0.1) is 0 Å². The van der Waals surface area contributed by atoms with Crippen LogP contribution in [0.2, 0.25) is 0 Å². The summed E-state index contributed by atoms with van der Waals surface area (Å²) in [5, 5.41) is 0.499. The molecular weight excluding hydrogens is 388 g/mol. The third-order valence-electron chi connectivity index (χ3n) is 5.62. The van der Waals surface area contributed by atoms with E-state index in [2.05, 4.69) is 52.6 Å². The second-order valence-electron chi connectivity index (χ2n) is 10.0. The lowest BCUT2D eigenvalue weighted by Gasteiger charge is -2.32. The van der Waals surface area contributed by atoms with Crippen molar-refractivity contribution in [1.82, 2.24) is 4.98 Å². The first kappa shape index (κ1) is 22.6. The number of para-hydroxylation sites is 1. The predicted molar refractivity (Wildman–Crippen MR) is 128 cm³/mol. The van der Waals surface area contributed by atoms with Crippen molar-refractivity contribution in [3.05, 3.63) is 69.5 Å². The van der Waals surface area contributed by atoms with Crippen LogP contribution in [0.3, 0.4) is 0 Å². The number of nitrogens with one attached hydrogen (secondary N) is 1. The van der Waals surface area contributed by atoms with Gasteiger partial charge in [0.15, 0.2) is 0 Å². The average molecular weight is 421 g/mol. The number of anilines is 1. The smallest absolute Gasteiger partial charge is 0.263 e. The molecule has 0 unspecified atom stereocenters. The van der Waals surface area contributed by atoms with E-state index in [1.807, 2.05) is 18.2 Å². The zero-order valence-electron chi connectivity index (χ0n) is 19.7. The summed E-state index contributed by atoms with van der Waals surface area (Å²) in [7, 11) is 3.35. The number of fused-ring (bicyclic) bond motifs is 1. The van der Waals surface area contributed by atoms with E-state index in [1.165, 1.54) is 6.20 Å². The Morgan fingerprint density at radius 2 is 1.58 bits per heavy atom. The summed E-state index contributed by atoms with van der Waals surface area (Å²) in [6, 6.07) is 11.2. The van der Waals surface area contributed by atoms with Crippen molar-refractivity contribution >= 4 is 22.5 Å². The molecule has 2 aromatic carbocycles. The Hall–Kier alpha value is -3.08. The van der Waals surface area contributed by atoms with E-state index in [1.54, 1.807) is 31.2 Å². The van der Waals surface area contributed by atoms with Crippen LogP contribution in [0.5, 0.6) is 5.75 Å². The van der Waals surface area contributed by atoms with Gasteiger partial charge >= 0.3 is 0 Å². The summed E-state index contributed by atoms with van der Waals surface area (Å²) < 4.78 is 5.69. The molecule has 0 aliphatic carbocycles. The van der Waals surface area contributed by atoms with Gasteiger partial charge in [-0.2, -0.15) is 0 Å². The zero-order chi connectivity index (χ0) is 23.1. The molecule has 0 aliphatic heterocycles. The van der Waals surface area contributed by atoms with Gasteiger partial charge in [0.05, 0.1) is 12.8 Å². The fraction of sp³-hybridized carbons (Fsp3) is 0.385. The summed E-state index contributed by atoms with van der Waals surface area (Å²) in [6.07, 6.45) is 1.50. The van der Waals surface area contributed by atoms with Crippen molar-refractivity contribution in [2.45, 2.75) is 52.4 Å². The van der Waals surface area contributed by atoms with E-state index >= 15 is 0 Å². The maximum atomic E-state index is 13.4. The minimum absolute atomic E-state index is 0.111. The minimum atomic E-state index is -0.358. The van der Waals surface area contributed by atoms with E-state index in [4.69, 9.17) is 4.74 Å². The van der Waals surface area contributed by atoms with Gasteiger partial charge in [-0.25, -0.2) is 0 Å².